The van der Waals surface area contributed by atoms with Crippen LogP contribution in [0.25, 0.3) is 0 Å². The van der Waals surface area contributed by atoms with Gasteiger partial charge in [-0.3, -0.25) is 9.69 Å². The van der Waals surface area contributed by atoms with Crippen molar-refractivity contribution in [3.05, 3.63) is 17.8 Å². The first-order chi connectivity index (χ1) is 15.2. The number of likely N-dealkylation sites (tertiary alicyclic amines) is 1. The molecule has 0 aliphatic carbocycles. The molecule has 1 N–H and O–H groups in total. The van der Waals surface area contributed by atoms with Gasteiger partial charge in [0, 0.05) is 51.2 Å². The van der Waals surface area contributed by atoms with Gasteiger partial charge >= 0.3 is 0 Å². The van der Waals surface area contributed by atoms with Crippen molar-refractivity contribution < 1.29 is 9.21 Å². The van der Waals surface area contributed by atoms with Crippen molar-refractivity contribution >= 4 is 11.9 Å². The molecule has 8 nitrogen and oxygen atoms in total. The summed E-state index contributed by atoms with van der Waals surface area (Å²) in [5.74, 6) is 3.87. The molecule has 0 spiro atoms. The molecule has 1 aromatic heterocycles. The van der Waals surface area contributed by atoms with E-state index in [1.54, 1.807) is 6.20 Å². The van der Waals surface area contributed by atoms with Gasteiger partial charge in [-0.25, -0.2) is 9.98 Å². The molecule has 3 heterocycles. The number of hydrogen-bond acceptors (Lipinski definition) is 5. The molecule has 180 valence electrons. The monoisotopic (exact) mass is 446 g/mol. The number of amides is 1. The first kappa shape index (κ1) is 24.6. The molecule has 2 saturated heterocycles. The summed E-state index contributed by atoms with van der Waals surface area (Å²) in [5, 5.41) is 3.39. The van der Waals surface area contributed by atoms with Gasteiger partial charge in [-0.15, -0.1) is 0 Å². The Morgan fingerprint density at radius 3 is 2.38 bits per heavy atom. The van der Waals surface area contributed by atoms with E-state index >= 15 is 0 Å². The molecule has 1 amide bonds. The third-order valence-electron chi connectivity index (χ3n) is 6.24. The number of piperidine rings is 1. The Hall–Kier alpha value is -2.09. The maximum absolute atomic E-state index is 12.8. The zero-order valence-corrected chi connectivity index (χ0v) is 20.9. The maximum Gasteiger partial charge on any atom is 0.236 e. The van der Waals surface area contributed by atoms with Crippen LogP contribution in [-0.2, 0) is 16.8 Å². The first-order valence-corrected chi connectivity index (χ1v) is 12.1. The number of piperazine rings is 1. The zero-order valence-electron chi connectivity index (χ0n) is 20.9. The predicted octanol–water partition coefficient (Wildman–Crippen LogP) is 2.56. The van der Waals surface area contributed by atoms with Crippen LogP contribution in [0.3, 0.4) is 0 Å². The number of hydrogen-bond donors (Lipinski definition) is 1. The topological polar surface area (TPSA) is 77.2 Å². The van der Waals surface area contributed by atoms with Gasteiger partial charge in [0.05, 0.1) is 12.7 Å². The van der Waals surface area contributed by atoms with Gasteiger partial charge in [-0.2, -0.15) is 0 Å². The minimum atomic E-state index is -0.0580. The van der Waals surface area contributed by atoms with Crippen molar-refractivity contribution in [1.82, 2.24) is 25.0 Å². The highest BCUT2D eigenvalue weighted by Crippen LogP contribution is 2.23. The molecule has 3 rings (SSSR count). The molecule has 2 aliphatic heterocycles. The van der Waals surface area contributed by atoms with Crippen LogP contribution in [0.2, 0.25) is 0 Å². The minimum absolute atomic E-state index is 0.0580. The van der Waals surface area contributed by atoms with Crippen LogP contribution in [-0.4, -0.2) is 83.9 Å². The fraction of sp³-hybridized carbons (Fsp3) is 0.792. The fourth-order valence-electron chi connectivity index (χ4n) is 4.57. The Balaban J connectivity index is 1.51. The van der Waals surface area contributed by atoms with Crippen LogP contribution in [0.15, 0.2) is 15.6 Å². The Morgan fingerprint density at radius 1 is 1.16 bits per heavy atom. The van der Waals surface area contributed by atoms with Crippen molar-refractivity contribution in [2.45, 2.75) is 59.9 Å². The van der Waals surface area contributed by atoms with Crippen LogP contribution in [0.1, 0.15) is 59.6 Å². The Bertz CT molecular complexity index is 766. The van der Waals surface area contributed by atoms with Crippen molar-refractivity contribution in [3.63, 3.8) is 0 Å². The van der Waals surface area contributed by atoms with Gasteiger partial charge in [0.1, 0.15) is 12.3 Å². The molecule has 2 atom stereocenters. The smallest absolute Gasteiger partial charge is 0.236 e. The molecular formula is C24H42N6O2. The number of nitrogens with zero attached hydrogens (tertiary/aromatic N) is 5. The third kappa shape index (κ3) is 6.70. The standard InChI is InChI=1S/C24H42N6O2/c1-7-25-23(27-14-21-26-13-20(32-21)24(4,5)6)29-10-8-28(9-11-29)17-22(31)30-15-18(2)12-19(3)16-30/h13,18-19H,7-12,14-17H2,1-6H3,(H,25,27). The Morgan fingerprint density at radius 2 is 1.81 bits per heavy atom. The Kier molecular flexibility index (Phi) is 8.20. The van der Waals surface area contributed by atoms with E-state index in [1.807, 2.05) is 0 Å². The number of carbonyl (C=O) groups excluding carboxylic acids is 1. The summed E-state index contributed by atoms with van der Waals surface area (Å²) in [7, 11) is 0. The van der Waals surface area contributed by atoms with Crippen molar-refractivity contribution in [3.8, 4) is 0 Å². The second-order valence-corrected chi connectivity index (χ2v) is 10.5. The van der Waals surface area contributed by atoms with E-state index in [1.165, 1.54) is 6.42 Å². The van der Waals surface area contributed by atoms with Crippen LogP contribution < -0.4 is 5.32 Å². The number of guanidine groups is 1. The molecule has 2 fully saturated rings. The molecule has 0 saturated carbocycles. The number of aliphatic imine (C=N–C) groups is 1. The predicted molar refractivity (Wildman–Crippen MR) is 128 cm³/mol. The number of nitrogens with one attached hydrogen (secondary N) is 1. The van der Waals surface area contributed by atoms with Gasteiger partial charge in [-0.05, 0) is 25.2 Å². The van der Waals surface area contributed by atoms with E-state index in [4.69, 9.17) is 9.41 Å². The van der Waals surface area contributed by atoms with Crippen LogP contribution >= 0.6 is 0 Å². The van der Waals surface area contributed by atoms with E-state index in [9.17, 15) is 4.79 Å². The molecule has 2 unspecified atom stereocenters. The Labute approximate surface area is 193 Å². The molecule has 1 aromatic rings. The molecule has 8 heteroatoms. The van der Waals surface area contributed by atoms with Gasteiger partial charge in [0.15, 0.2) is 5.96 Å². The molecular weight excluding hydrogens is 404 g/mol. The lowest BCUT2D eigenvalue weighted by atomic mass is 9.92. The molecule has 0 aromatic carbocycles. The van der Waals surface area contributed by atoms with Crippen LogP contribution in [0.4, 0.5) is 0 Å². The minimum Gasteiger partial charge on any atom is -0.443 e. The van der Waals surface area contributed by atoms with Gasteiger partial charge in [0.25, 0.3) is 0 Å². The zero-order chi connectivity index (χ0) is 23.3. The highest BCUT2D eigenvalue weighted by Gasteiger charge is 2.28. The third-order valence-corrected chi connectivity index (χ3v) is 6.24. The number of oxazole rings is 1. The lowest BCUT2D eigenvalue weighted by molar-refractivity contribution is -0.135. The molecule has 32 heavy (non-hydrogen) atoms. The van der Waals surface area contributed by atoms with E-state index in [-0.39, 0.29) is 11.3 Å². The normalized spacial score (nSPS) is 23.5. The summed E-state index contributed by atoms with van der Waals surface area (Å²) in [5.41, 5.74) is -0.0580. The molecule has 0 radical (unpaired) electrons. The van der Waals surface area contributed by atoms with Crippen molar-refractivity contribution in [1.29, 1.82) is 0 Å². The van der Waals surface area contributed by atoms with Crippen molar-refractivity contribution in [2.24, 2.45) is 16.8 Å². The average Bonchev–Trinajstić information content (AvgIpc) is 3.21. The maximum atomic E-state index is 12.8. The average molecular weight is 447 g/mol. The van der Waals surface area contributed by atoms with Crippen LogP contribution in [0.5, 0.6) is 0 Å². The van der Waals surface area contributed by atoms with Crippen LogP contribution in [0, 0.1) is 11.8 Å². The van der Waals surface area contributed by atoms with Gasteiger partial charge in [-0.1, -0.05) is 34.6 Å². The summed E-state index contributed by atoms with van der Waals surface area (Å²) >= 11 is 0. The highest BCUT2D eigenvalue weighted by atomic mass is 16.4. The SMILES string of the molecule is CCNC(=NCc1ncc(C(C)(C)C)o1)N1CCN(CC(=O)N2CC(C)CC(C)C2)CC1. The van der Waals surface area contributed by atoms with E-state index in [0.29, 0.717) is 30.8 Å². The first-order valence-electron chi connectivity index (χ1n) is 12.1. The fourth-order valence-corrected chi connectivity index (χ4v) is 4.57. The lowest BCUT2D eigenvalue weighted by Crippen LogP contribution is -2.55. The second kappa shape index (κ2) is 10.7. The number of aromatic nitrogens is 1. The molecule has 0 bridgehead atoms. The van der Waals surface area contributed by atoms with Crippen molar-refractivity contribution in [2.75, 3.05) is 52.4 Å². The van der Waals surface area contributed by atoms with Gasteiger partial charge in [0.2, 0.25) is 11.8 Å². The highest BCUT2D eigenvalue weighted by molar-refractivity contribution is 5.80. The summed E-state index contributed by atoms with van der Waals surface area (Å²) in [6.45, 7) is 19.9. The van der Waals surface area contributed by atoms with E-state index < -0.39 is 0 Å². The second-order valence-electron chi connectivity index (χ2n) is 10.5. The summed E-state index contributed by atoms with van der Waals surface area (Å²) in [6, 6.07) is 0. The number of rotatable bonds is 5. The van der Waals surface area contributed by atoms with E-state index in [2.05, 4.69) is 66.5 Å². The van der Waals surface area contributed by atoms with Gasteiger partial charge < -0.3 is 19.5 Å². The molecule has 2 aliphatic rings. The lowest BCUT2D eigenvalue weighted by Gasteiger charge is -2.39. The summed E-state index contributed by atoms with van der Waals surface area (Å²) in [6.07, 6.45) is 3.03. The quantitative estimate of drug-likeness (QED) is 0.553. The van der Waals surface area contributed by atoms with E-state index in [0.717, 1.165) is 57.5 Å². The summed E-state index contributed by atoms with van der Waals surface area (Å²) in [4.78, 5) is 28.6. The largest absolute Gasteiger partial charge is 0.443 e. The number of carbonyl (C=O) groups is 1. The summed E-state index contributed by atoms with van der Waals surface area (Å²) < 4.78 is 5.88.